The molecule has 1 amide bonds. The number of furan rings is 1. The van der Waals surface area contributed by atoms with E-state index in [0.29, 0.717) is 9.80 Å². The van der Waals surface area contributed by atoms with Crippen LogP contribution in [0.15, 0.2) is 57.7 Å². The number of halogens is 1. The molecule has 0 fully saturated rings. The third-order valence-corrected chi connectivity index (χ3v) is 4.13. The van der Waals surface area contributed by atoms with Crippen LogP contribution in [0.1, 0.15) is 21.0 Å². The van der Waals surface area contributed by atoms with Gasteiger partial charge < -0.3 is 4.42 Å². The monoisotopic (exact) mass is 362 g/mol. The first-order valence-corrected chi connectivity index (χ1v) is 7.87. The summed E-state index contributed by atoms with van der Waals surface area (Å²) < 4.78 is 5.73. The average Bonchev–Trinajstić information content (AvgIpc) is 3.09. The molecule has 6 heteroatoms. The number of carbonyl (C=O) groups is 1. The molecular weight excluding hydrogens is 352 g/mol. The first-order valence-electron chi connectivity index (χ1n) is 6.26. The van der Waals surface area contributed by atoms with E-state index < -0.39 is 0 Å². The van der Waals surface area contributed by atoms with Crippen LogP contribution in [-0.2, 0) is 6.42 Å². The Hall–Kier alpha value is -1.92. The van der Waals surface area contributed by atoms with Gasteiger partial charge in [-0.25, -0.2) is 4.98 Å². The van der Waals surface area contributed by atoms with Crippen molar-refractivity contribution in [1.29, 1.82) is 0 Å². The Bertz CT molecular complexity index is 752. The van der Waals surface area contributed by atoms with Crippen molar-refractivity contribution in [2.24, 2.45) is 0 Å². The molecule has 2 heterocycles. The predicted octanol–water partition coefficient (Wildman–Crippen LogP) is 4.34. The summed E-state index contributed by atoms with van der Waals surface area (Å²) in [6, 6.07) is 13.4. The van der Waals surface area contributed by atoms with Crippen LogP contribution in [0.4, 0.5) is 5.13 Å². The SMILES string of the molecule is O=C(Nc1ncc(Cc2ccccc2)s1)c1ccc(Br)o1. The van der Waals surface area contributed by atoms with Gasteiger partial charge in [0, 0.05) is 17.5 Å². The van der Waals surface area contributed by atoms with E-state index in [1.807, 2.05) is 18.2 Å². The molecule has 2 aromatic heterocycles. The molecule has 21 heavy (non-hydrogen) atoms. The van der Waals surface area contributed by atoms with Gasteiger partial charge in [-0.15, -0.1) is 11.3 Å². The van der Waals surface area contributed by atoms with Crippen LogP contribution in [0.25, 0.3) is 0 Å². The zero-order chi connectivity index (χ0) is 14.7. The van der Waals surface area contributed by atoms with Gasteiger partial charge in [0.05, 0.1) is 0 Å². The minimum absolute atomic E-state index is 0.252. The fourth-order valence-corrected chi connectivity index (χ4v) is 2.99. The molecule has 0 aliphatic heterocycles. The number of hydrogen-bond acceptors (Lipinski definition) is 4. The zero-order valence-electron chi connectivity index (χ0n) is 10.9. The molecule has 3 rings (SSSR count). The van der Waals surface area contributed by atoms with Crippen molar-refractivity contribution >= 4 is 38.3 Å². The molecule has 0 aliphatic carbocycles. The van der Waals surface area contributed by atoms with E-state index in [-0.39, 0.29) is 11.7 Å². The van der Waals surface area contributed by atoms with E-state index in [0.717, 1.165) is 11.3 Å². The molecule has 4 nitrogen and oxygen atoms in total. The number of rotatable bonds is 4. The van der Waals surface area contributed by atoms with Gasteiger partial charge >= 0.3 is 0 Å². The van der Waals surface area contributed by atoms with Gasteiger partial charge in [0.1, 0.15) is 0 Å². The second-order valence-corrected chi connectivity index (χ2v) is 6.25. The molecule has 0 saturated heterocycles. The maximum absolute atomic E-state index is 11.9. The molecule has 0 radical (unpaired) electrons. The first-order chi connectivity index (χ1) is 10.2. The summed E-state index contributed by atoms with van der Waals surface area (Å²) >= 11 is 4.63. The van der Waals surface area contributed by atoms with Gasteiger partial charge in [-0.3, -0.25) is 10.1 Å². The number of benzene rings is 1. The van der Waals surface area contributed by atoms with E-state index in [1.54, 1.807) is 18.3 Å². The van der Waals surface area contributed by atoms with Gasteiger partial charge in [0.25, 0.3) is 5.91 Å². The molecule has 0 aliphatic rings. The summed E-state index contributed by atoms with van der Waals surface area (Å²) in [4.78, 5) is 17.2. The Morgan fingerprint density at radius 3 is 2.76 bits per heavy atom. The lowest BCUT2D eigenvalue weighted by atomic mass is 10.1. The van der Waals surface area contributed by atoms with Crippen LogP contribution in [0.2, 0.25) is 0 Å². The highest BCUT2D eigenvalue weighted by atomic mass is 79.9. The predicted molar refractivity (Wildman–Crippen MR) is 85.7 cm³/mol. The highest BCUT2D eigenvalue weighted by Crippen LogP contribution is 2.22. The van der Waals surface area contributed by atoms with Crippen LogP contribution in [0.5, 0.6) is 0 Å². The molecule has 0 spiro atoms. The summed E-state index contributed by atoms with van der Waals surface area (Å²) in [5.74, 6) is -0.0528. The number of carbonyl (C=O) groups excluding carboxylic acids is 1. The van der Waals surface area contributed by atoms with Crippen molar-refractivity contribution in [2.75, 3.05) is 5.32 Å². The third-order valence-electron chi connectivity index (χ3n) is 2.79. The molecule has 3 aromatic rings. The number of thiazole rings is 1. The lowest BCUT2D eigenvalue weighted by molar-refractivity contribution is 0.0995. The molecular formula is C15H11BrN2O2S. The molecule has 106 valence electrons. The third kappa shape index (κ3) is 3.59. The Balaban J connectivity index is 1.66. The minimum atomic E-state index is -0.304. The number of aromatic nitrogens is 1. The second kappa shape index (κ2) is 6.24. The lowest BCUT2D eigenvalue weighted by Gasteiger charge is -1.98. The number of amides is 1. The fourth-order valence-electron chi connectivity index (χ4n) is 1.84. The number of hydrogen-bond donors (Lipinski definition) is 1. The van der Waals surface area contributed by atoms with Crippen molar-refractivity contribution in [3.63, 3.8) is 0 Å². The van der Waals surface area contributed by atoms with E-state index in [2.05, 4.69) is 38.4 Å². The topological polar surface area (TPSA) is 55.1 Å². The van der Waals surface area contributed by atoms with Crippen LogP contribution >= 0.6 is 27.3 Å². The van der Waals surface area contributed by atoms with Crippen LogP contribution < -0.4 is 5.32 Å². The number of nitrogens with one attached hydrogen (secondary N) is 1. The largest absolute Gasteiger partial charge is 0.444 e. The van der Waals surface area contributed by atoms with Gasteiger partial charge in [-0.05, 0) is 33.6 Å². The van der Waals surface area contributed by atoms with Crippen LogP contribution in [0, 0.1) is 0 Å². The maximum atomic E-state index is 11.9. The molecule has 1 N–H and O–H groups in total. The summed E-state index contributed by atoms with van der Waals surface area (Å²) in [5.41, 5.74) is 1.22. The Labute approximate surface area is 134 Å². The van der Waals surface area contributed by atoms with E-state index >= 15 is 0 Å². The lowest BCUT2D eigenvalue weighted by Crippen LogP contribution is -2.10. The van der Waals surface area contributed by atoms with Crippen molar-refractivity contribution < 1.29 is 9.21 Å². The van der Waals surface area contributed by atoms with Crippen LogP contribution in [-0.4, -0.2) is 10.9 Å². The molecule has 0 unspecified atom stereocenters. The number of anilines is 1. The Morgan fingerprint density at radius 2 is 2.05 bits per heavy atom. The molecule has 0 atom stereocenters. The summed E-state index contributed by atoms with van der Waals surface area (Å²) in [6.07, 6.45) is 2.59. The standard InChI is InChI=1S/C15H11BrN2O2S/c16-13-7-6-12(20-13)14(19)18-15-17-9-11(21-15)8-10-4-2-1-3-5-10/h1-7,9H,8H2,(H,17,18,19). The van der Waals surface area contributed by atoms with E-state index in [1.165, 1.54) is 16.9 Å². The van der Waals surface area contributed by atoms with Crippen molar-refractivity contribution in [1.82, 2.24) is 4.98 Å². The second-order valence-electron chi connectivity index (χ2n) is 4.35. The summed E-state index contributed by atoms with van der Waals surface area (Å²) in [6.45, 7) is 0. The van der Waals surface area contributed by atoms with Gasteiger partial charge in [-0.2, -0.15) is 0 Å². The van der Waals surface area contributed by atoms with Gasteiger partial charge in [0.15, 0.2) is 15.6 Å². The minimum Gasteiger partial charge on any atom is -0.444 e. The zero-order valence-corrected chi connectivity index (χ0v) is 13.3. The smallest absolute Gasteiger partial charge is 0.293 e. The van der Waals surface area contributed by atoms with Gasteiger partial charge in [-0.1, -0.05) is 30.3 Å². The summed E-state index contributed by atoms with van der Waals surface area (Å²) in [7, 11) is 0. The molecule has 0 bridgehead atoms. The maximum Gasteiger partial charge on any atom is 0.293 e. The van der Waals surface area contributed by atoms with Crippen molar-refractivity contribution in [3.05, 3.63) is 69.5 Å². The Morgan fingerprint density at radius 1 is 1.24 bits per heavy atom. The highest BCUT2D eigenvalue weighted by Gasteiger charge is 2.12. The van der Waals surface area contributed by atoms with E-state index in [9.17, 15) is 4.79 Å². The van der Waals surface area contributed by atoms with Gasteiger partial charge in [0.2, 0.25) is 0 Å². The highest BCUT2D eigenvalue weighted by molar-refractivity contribution is 9.10. The van der Waals surface area contributed by atoms with Crippen LogP contribution in [0.3, 0.4) is 0 Å². The van der Waals surface area contributed by atoms with E-state index in [4.69, 9.17) is 4.42 Å². The Kier molecular flexibility index (Phi) is 4.17. The average molecular weight is 363 g/mol. The van der Waals surface area contributed by atoms with Crippen molar-refractivity contribution in [3.8, 4) is 0 Å². The first kappa shape index (κ1) is 14.0. The van der Waals surface area contributed by atoms with Crippen molar-refractivity contribution in [2.45, 2.75) is 6.42 Å². The molecule has 0 saturated carbocycles. The quantitative estimate of drug-likeness (QED) is 0.750. The normalized spacial score (nSPS) is 10.5. The fraction of sp³-hybridized carbons (Fsp3) is 0.0667. The number of nitrogens with zero attached hydrogens (tertiary/aromatic N) is 1. The molecule has 1 aromatic carbocycles. The summed E-state index contributed by atoms with van der Waals surface area (Å²) in [5, 5.41) is 3.30.